The van der Waals surface area contributed by atoms with Crippen molar-refractivity contribution in [3.63, 3.8) is 0 Å². The van der Waals surface area contributed by atoms with E-state index in [1.807, 2.05) is 30.3 Å². The summed E-state index contributed by atoms with van der Waals surface area (Å²) in [6.07, 6.45) is 0. The van der Waals surface area contributed by atoms with Gasteiger partial charge in [-0.3, -0.25) is 5.43 Å². The highest BCUT2D eigenvalue weighted by molar-refractivity contribution is 5.72. The van der Waals surface area contributed by atoms with Gasteiger partial charge in [0.15, 0.2) is 5.75 Å². The minimum Gasteiger partial charge on any atom is -0.378 e. The molecule has 0 fully saturated rings. The number of rotatable bonds is 5. The second-order valence-corrected chi connectivity index (χ2v) is 3.95. The highest BCUT2D eigenvalue weighted by Gasteiger charge is 2.00. The molecule has 0 bridgehead atoms. The lowest BCUT2D eigenvalue weighted by Gasteiger charge is -2.09. The van der Waals surface area contributed by atoms with Gasteiger partial charge in [0.05, 0.1) is 0 Å². The van der Waals surface area contributed by atoms with Crippen molar-refractivity contribution >= 4 is 6.03 Å². The van der Waals surface area contributed by atoms with Crippen LogP contribution in [0.4, 0.5) is 9.18 Å². The molecule has 0 saturated heterocycles. The minimum absolute atomic E-state index is 0.338. The maximum atomic E-state index is 12.6. The molecular weight excluding hydrogens is 261 g/mol. The number of hydrazine groups is 1. The van der Waals surface area contributed by atoms with Gasteiger partial charge in [-0.25, -0.2) is 14.6 Å². The first-order valence-corrected chi connectivity index (χ1v) is 5.99. The van der Waals surface area contributed by atoms with Crippen LogP contribution in [0, 0.1) is 5.82 Å². The van der Waals surface area contributed by atoms with Crippen LogP contribution >= 0.6 is 0 Å². The Kier molecular flexibility index (Phi) is 4.91. The summed E-state index contributed by atoms with van der Waals surface area (Å²) in [5.74, 6) is -0.0315. The first-order valence-electron chi connectivity index (χ1n) is 5.99. The van der Waals surface area contributed by atoms with E-state index < -0.39 is 6.03 Å². The van der Waals surface area contributed by atoms with Crippen LogP contribution in [0.25, 0.3) is 0 Å². The van der Waals surface area contributed by atoms with Crippen molar-refractivity contribution in [3.05, 3.63) is 66.0 Å². The molecule has 2 aromatic carbocycles. The first kappa shape index (κ1) is 13.8. The zero-order valence-corrected chi connectivity index (χ0v) is 10.6. The number of hydrogen-bond donors (Lipinski definition) is 3. The van der Waals surface area contributed by atoms with Crippen LogP contribution < -0.4 is 21.2 Å². The van der Waals surface area contributed by atoms with Gasteiger partial charge in [0.1, 0.15) is 5.82 Å². The maximum Gasteiger partial charge on any atom is 0.362 e. The monoisotopic (exact) mass is 275 g/mol. The van der Waals surface area contributed by atoms with Gasteiger partial charge in [-0.15, -0.1) is 0 Å². The Morgan fingerprint density at radius 3 is 2.45 bits per heavy atom. The fraction of sp³-hybridized carbons (Fsp3) is 0.0714. The summed E-state index contributed by atoms with van der Waals surface area (Å²) in [5.41, 5.74) is 8.36. The van der Waals surface area contributed by atoms with Gasteiger partial charge in [0, 0.05) is 6.54 Å². The van der Waals surface area contributed by atoms with Crippen LogP contribution in [0.2, 0.25) is 0 Å². The zero-order valence-electron chi connectivity index (χ0n) is 10.6. The molecule has 104 valence electrons. The molecule has 0 aliphatic heterocycles. The molecule has 0 unspecified atom stereocenters. The highest BCUT2D eigenvalue weighted by atomic mass is 19.1. The molecule has 0 saturated carbocycles. The number of benzene rings is 2. The molecule has 20 heavy (non-hydrogen) atoms. The summed E-state index contributed by atoms with van der Waals surface area (Å²) in [7, 11) is 0. The number of carbonyl (C=O) groups excluding carboxylic acids is 1. The molecular formula is C14H14FN3O2. The summed E-state index contributed by atoms with van der Waals surface area (Å²) < 4.78 is 12.6. The van der Waals surface area contributed by atoms with E-state index in [1.54, 1.807) is 0 Å². The molecule has 0 aliphatic rings. The zero-order chi connectivity index (χ0) is 14.2. The Morgan fingerprint density at radius 1 is 1.05 bits per heavy atom. The molecule has 0 aromatic heterocycles. The standard InChI is InChI=1S/C14H14FN3O2/c15-12-6-8-13(9-7-12)20-18-14(19)17-16-10-11-4-2-1-3-5-11/h1-9,16H,10H2,(H2,17,18,19). The quantitative estimate of drug-likeness (QED) is 0.732. The Bertz CT molecular complexity index is 546. The van der Waals surface area contributed by atoms with Gasteiger partial charge in [0.25, 0.3) is 0 Å². The number of hydroxylamine groups is 1. The second kappa shape index (κ2) is 7.10. The molecule has 5 nitrogen and oxygen atoms in total. The number of amides is 2. The van der Waals surface area contributed by atoms with E-state index in [4.69, 9.17) is 4.84 Å². The van der Waals surface area contributed by atoms with Crippen molar-refractivity contribution < 1.29 is 14.0 Å². The Labute approximate surface area is 115 Å². The van der Waals surface area contributed by atoms with E-state index in [1.165, 1.54) is 24.3 Å². The van der Waals surface area contributed by atoms with Crippen molar-refractivity contribution in [1.82, 2.24) is 16.3 Å². The van der Waals surface area contributed by atoms with Crippen molar-refractivity contribution in [3.8, 4) is 5.75 Å². The lowest BCUT2D eigenvalue weighted by atomic mass is 10.2. The van der Waals surface area contributed by atoms with Crippen LogP contribution in [0.3, 0.4) is 0 Å². The van der Waals surface area contributed by atoms with E-state index in [0.717, 1.165) is 5.56 Å². The van der Waals surface area contributed by atoms with Crippen molar-refractivity contribution in [1.29, 1.82) is 0 Å². The summed E-state index contributed by atoms with van der Waals surface area (Å²) in [5, 5.41) is 0. The van der Waals surface area contributed by atoms with Gasteiger partial charge in [-0.1, -0.05) is 30.3 Å². The molecule has 0 spiro atoms. The van der Waals surface area contributed by atoms with Gasteiger partial charge in [-0.2, -0.15) is 5.48 Å². The van der Waals surface area contributed by atoms with Crippen molar-refractivity contribution in [2.24, 2.45) is 0 Å². The summed E-state index contributed by atoms with van der Waals surface area (Å²) in [6.45, 7) is 0.491. The largest absolute Gasteiger partial charge is 0.378 e. The molecule has 0 heterocycles. The Morgan fingerprint density at radius 2 is 1.75 bits per heavy atom. The van der Waals surface area contributed by atoms with Gasteiger partial charge < -0.3 is 4.84 Å². The van der Waals surface area contributed by atoms with E-state index in [9.17, 15) is 9.18 Å². The fourth-order valence-electron chi connectivity index (χ4n) is 1.46. The van der Waals surface area contributed by atoms with Crippen LogP contribution in [0.1, 0.15) is 5.56 Å². The number of carbonyl (C=O) groups is 1. The topological polar surface area (TPSA) is 62.4 Å². The third-order valence-corrected chi connectivity index (χ3v) is 2.41. The summed E-state index contributed by atoms with van der Waals surface area (Å²) in [6, 6.07) is 14.4. The average Bonchev–Trinajstić information content (AvgIpc) is 2.48. The lowest BCUT2D eigenvalue weighted by Crippen LogP contribution is -2.44. The van der Waals surface area contributed by atoms with Crippen molar-refractivity contribution in [2.45, 2.75) is 6.54 Å². The van der Waals surface area contributed by atoms with Crippen LogP contribution in [0.5, 0.6) is 5.75 Å². The SMILES string of the molecule is O=C(NNCc1ccccc1)NOc1ccc(F)cc1. The average molecular weight is 275 g/mol. The molecule has 6 heteroatoms. The number of hydrogen-bond acceptors (Lipinski definition) is 3. The Balaban J connectivity index is 1.67. The molecule has 2 rings (SSSR count). The predicted molar refractivity (Wildman–Crippen MR) is 72.0 cm³/mol. The molecule has 0 aliphatic carbocycles. The summed E-state index contributed by atoms with van der Waals surface area (Å²) in [4.78, 5) is 16.3. The molecule has 0 radical (unpaired) electrons. The Hall–Kier alpha value is -2.60. The van der Waals surface area contributed by atoms with E-state index >= 15 is 0 Å². The summed E-state index contributed by atoms with van der Waals surface area (Å²) >= 11 is 0. The predicted octanol–water partition coefficient (Wildman–Crippen LogP) is 2.12. The first-order chi connectivity index (χ1) is 9.74. The third-order valence-electron chi connectivity index (χ3n) is 2.41. The van der Waals surface area contributed by atoms with Crippen molar-refractivity contribution in [2.75, 3.05) is 0 Å². The highest BCUT2D eigenvalue weighted by Crippen LogP contribution is 2.09. The smallest absolute Gasteiger partial charge is 0.362 e. The van der Waals surface area contributed by atoms with Gasteiger partial charge >= 0.3 is 6.03 Å². The van der Waals surface area contributed by atoms with E-state index in [-0.39, 0.29) is 5.82 Å². The molecule has 0 atom stereocenters. The van der Waals surface area contributed by atoms with Crippen LogP contribution in [-0.4, -0.2) is 6.03 Å². The molecule has 2 aromatic rings. The molecule has 2 amide bonds. The van der Waals surface area contributed by atoms with E-state index in [0.29, 0.717) is 12.3 Å². The second-order valence-electron chi connectivity index (χ2n) is 3.95. The number of halogens is 1. The normalized spacial score (nSPS) is 9.85. The van der Waals surface area contributed by atoms with Gasteiger partial charge in [-0.05, 0) is 29.8 Å². The maximum absolute atomic E-state index is 12.6. The molecule has 3 N–H and O–H groups in total. The number of urea groups is 1. The number of nitrogens with one attached hydrogen (secondary N) is 3. The third kappa shape index (κ3) is 4.58. The van der Waals surface area contributed by atoms with Crippen LogP contribution in [0.15, 0.2) is 54.6 Å². The lowest BCUT2D eigenvalue weighted by molar-refractivity contribution is 0.174. The van der Waals surface area contributed by atoms with E-state index in [2.05, 4.69) is 16.3 Å². The van der Waals surface area contributed by atoms with Crippen LogP contribution in [-0.2, 0) is 6.54 Å². The fourth-order valence-corrected chi connectivity index (χ4v) is 1.46. The van der Waals surface area contributed by atoms with Gasteiger partial charge in [0.2, 0.25) is 0 Å². The minimum atomic E-state index is -0.551.